The third kappa shape index (κ3) is 1.97. The highest BCUT2D eigenvalue weighted by Gasteiger charge is 2.15. The van der Waals surface area contributed by atoms with Crippen molar-refractivity contribution in [2.75, 3.05) is 12.3 Å². The molecule has 0 spiro atoms. The molecule has 2 aromatic heterocycles. The molecule has 0 unspecified atom stereocenters. The third-order valence-electron chi connectivity index (χ3n) is 2.11. The maximum Gasteiger partial charge on any atom is 0.193 e. The molecule has 0 aliphatic rings. The summed E-state index contributed by atoms with van der Waals surface area (Å²) < 4.78 is 6.40. The number of aromatic nitrogens is 4. The molecule has 0 bridgehead atoms. The topological polar surface area (TPSA) is 113 Å². The van der Waals surface area contributed by atoms with Gasteiger partial charge in [-0.15, -0.1) is 0 Å². The number of nitrogens with zero attached hydrogens (tertiary/aromatic N) is 4. The Balaban J connectivity index is 2.43. The van der Waals surface area contributed by atoms with E-state index in [1.165, 1.54) is 17.2 Å². The van der Waals surface area contributed by atoms with E-state index in [0.717, 1.165) is 0 Å². The fourth-order valence-electron chi connectivity index (χ4n) is 1.38. The fraction of sp³-hybridized carbons (Fsp3) is 0.222. The van der Waals surface area contributed by atoms with Gasteiger partial charge in [0.1, 0.15) is 24.7 Å². The molecule has 0 aromatic carbocycles. The number of nitrogens with two attached hydrogens (primary N) is 1. The standard InChI is InChI=1S/C9H9N5O3/c10-8-7-9(12-4-11-8)14(5-13-7)6(3-16)17-2-1-15/h1,3-6H,2H2,(H2,10,11,12)/t6-/m1/s1. The van der Waals surface area contributed by atoms with Crippen LogP contribution in [0.3, 0.4) is 0 Å². The number of hydrogen-bond donors (Lipinski definition) is 1. The molecule has 2 aromatic rings. The number of carbonyl (C=O) groups excluding carboxylic acids is 2. The van der Waals surface area contributed by atoms with Gasteiger partial charge in [-0.05, 0) is 0 Å². The van der Waals surface area contributed by atoms with Crippen molar-refractivity contribution < 1.29 is 14.3 Å². The van der Waals surface area contributed by atoms with Crippen LogP contribution in [0, 0.1) is 0 Å². The molecule has 2 N–H and O–H groups in total. The SMILES string of the molecule is Nc1ncnc2c1ncn2[C@@H](C=O)OCC=O. The van der Waals surface area contributed by atoms with Crippen LogP contribution in [0.5, 0.6) is 0 Å². The molecule has 8 heteroatoms. The number of imidazole rings is 1. The van der Waals surface area contributed by atoms with E-state index in [9.17, 15) is 9.59 Å². The van der Waals surface area contributed by atoms with Crippen molar-refractivity contribution in [1.82, 2.24) is 19.5 Å². The summed E-state index contributed by atoms with van der Waals surface area (Å²) in [4.78, 5) is 32.8. The van der Waals surface area contributed by atoms with Gasteiger partial charge in [0.2, 0.25) is 0 Å². The van der Waals surface area contributed by atoms with Crippen LogP contribution in [0.15, 0.2) is 12.7 Å². The van der Waals surface area contributed by atoms with Crippen LogP contribution in [0.4, 0.5) is 5.82 Å². The molecule has 0 saturated heterocycles. The minimum absolute atomic E-state index is 0.191. The van der Waals surface area contributed by atoms with E-state index in [-0.39, 0.29) is 12.4 Å². The van der Waals surface area contributed by atoms with E-state index < -0.39 is 6.23 Å². The average Bonchev–Trinajstić information content (AvgIpc) is 2.76. The van der Waals surface area contributed by atoms with E-state index in [4.69, 9.17) is 10.5 Å². The summed E-state index contributed by atoms with van der Waals surface area (Å²) >= 11 is 0. The highest BCUT2D eigenvalue weighted by atomic mass is 16.5. The number of anilines is 1. The molecule has 88 valence electrons. The number of hydrogen-bond acceptors (Lipinski definition) is 7. The first-order valence-electron chi connectivity index (χ1n) is 4.71. The largest absolute Gasteiger partial charge is 0.382 e. The Hall–Kier alpha value is -2.35. The Morgan fingerprint density at radius 3 is 2.94 bits per heavy atom. The van der Waals surface area contributed by atoms with Crippen molar-refractivity contribution in [2.45, 2.75) is 6.23 Å². The summed E-state index contributed by atoms with van der Waals surface area (Å²) in [6.45, 7) is -0.191. The Labute approximate surface area is 95.4 Å². The zero-order chi connectivity index (χ0) is 12.3. The molecule has 0 fully saturated rings. The van der Waals surface area contributed by atoms with Gasteiger partial charge in [-0.25, -0.2) is 15.0 Å². The van der Waals surface area contributed by atoms with Gasteiger partial charge in [0.05, 0.1) is 6.33 Å². The maximum atomic E-state index is 10.9. The second kappa shape index (κ2) is 4.66. The lowest BCUT2D eigenvalue weighted by Crippen LogP contribution is -2.15. The second-order valence-corrected chi connectivity index (χ2v) is 3.11. The van der Waals surface area contributed by atoms with Gasteiger partial charge in [-0.2, -0.15) is 0 Å². The van der Waals surface area contributed by atoms with Crippen molar-refractivity contribution in [3.63, 3.8) is 0 Å². The van der Waals surface area contributed by atoms with Crippen LogP contribution in [-0.2, 0) is 14.3 Å². The van der Waals surface area contributed by atoms with Gasteiger partial charge in [0.15, 0.2) is 24.0 Å². The van der Waals surface area contributed by atoms with E-state index in [2.05, 4.69) is 15.0 Å². The first-order chi connectivity index (χ1) is 8.27. The van der Waals surface area contributed by atoms with Gasteiger partial charge >= 0.3 is 0 Å². The van der Waals surface area contributed by atoms with Crippen LogP contribution >= 0.6 is 0 Å². The van der Waals surface area contributed by atoms with Crippen LogP contribution in [0.25, 0.3) is 11.2 Å². The lowest BCUT2D eigenvalue weighted by molar-refractivity contribution is -0.127. The van der Waals surface area contributed by atoms with E-state index >= 15 is 0 Å². The summed E-state index contributed by atoms with van der Waals surface area (Å²) in [6, 6.07) is 0. The number of carbonyl (C=O) groups is 2. The van der Waals surface area contributed by atoms with Crippen molar-refractivity contribution in [3.8, 4) is 0 Å². The zero-order valence-electron chi connectivity index (χ0n) is 8.68. The number of aldehydes is 2. The molecule has 17 heavy (non-hydrogen) atoms. The molecule has 0 amide bonds. The monoisotopic (exact) mass is 235 g/mol. The molecule has 0 radical (unpaired) electrons. The number of fused-ring (bicyclic) bond motifs is 1. The molecule has 2 heterocycles. The predicted octanol–water partition coefficient (Wildman–Crippen LogP) is -0.679. The molecule has 0 saturated carbocycles. The van der Waals surface area contributed by atoms with E-state index in [1.54, 1.807) is 0 Å². The van der Waals surface area contributed by atoms with Crippen LogP contribution in [0.1, 0.15) is 6.23 Å². The summed E-state index contributed by atoms with van der Waals surface area (Å²) in [5.41, 5.74) is 6.36. The smallest absolute Gasteiger partial charge is 0.193 e. The Kier molecular flexibility index (Phi) is 3.06. The summed E-state index contributed by atoms with van der Waals surface area (Å²) in [7, 11) is 0. The lowest BCUT2D eigenvalue weighted by atomic mass is 10.5. The normalized spacial score (nSPS) is 12.5. The molecule has 8 nitrogen and oxygen atoms in total. The first-order valence-corrected chi connectivity index (χ1v) is 4.71. The van der Waals surface area contributed by atoms with E-state index in [0.29, 0.717) is 23.7 Å². The average molecular weight is 235 g/mol. The molecule has 0 aliphatic carbocycles. The van der Waals surface area contributed by atoms with Crippen molar-refractivity contribution in [1.29, 1.82) is 0 Å². The van der Waals surface area contributed by atoms with Crippen LogP contribution < -0.4 is 5.73 Å². The van der Waals surface area contributed by atoms with Crippen molar-refractivity contribution in [3.05, 3.63) is 12.7 Å². The molecular formula is C9H9N5O3. The zero-order valence-corrected chi connectivity index (χ0v) is 8.68. The summed E-state index contributed by atoms with van der Waals surface area (Å²) in [5.74, 6) is 0.216. The predicted molar refractivity (Wildman–Crippen MR) is 56.9 cm³/mol. The highest BCUT2D eigenvalue weighted by molar-refractivity contribution is 5.81. The quantitative estimate of drug-likeness (QED) is 0.683. The second-order valence-electron chi connectivity index (χ2n) is 3.11. The van der Waals surface area contributed by atoms with Crippen molar-refractivity contribution in [2.24, 2.45) is 0 Å². The van der Waals surface area contributed by atoms with Gasteiger partial charge < -0.3 is 15.3 Å². The molecular weight excluding hydrogens is 226 g/mol. The fourth-order valence-corrected chi connectivity index (χ4v) is 1.38. The maximum absolute atomic E-state index is 10.9. The molecule has 0 aliphatic heterocycles. The Morgan fingerprint density at radius 2 is 2.24 bits per heavy atom. The van der Waals surface area contributed by atoms with E-state index in [1.807, 2.05) is 0 Å². The van der Waals surface area contributed by atoms with Crippen LogP contribution in [-0.4, -0.2) is 38.7 Å². The molecule has 1 atom stereocenters. The first kappa shape index (κ1) is 11.1. The Bertz CT molecular complexity index is 553. The minimum atomic E-state index is -0.959. The van der Waals surface area contributed by atoms with Crippen molar-refractivity contribution >= 4 is 29.6 Å². The van der Waals surface area contributed by atoms with Gasteiger partial charge in [-0.3, -0.25) is 9.36 Å². The van der Waals surface area contributed by atoms with Crippen LogP contribution in [0.2, 0.25) is 0 Å². The lowest BCUT2D eigenvalue weighted by Gasteiger charge is -2.11. The summed E-state index contributed by atoms with van der Waals surface area (Å²) in [5, 5.41) is 0. The molecule has 2 rings (SSSR count). The number of rotatable bonds is 5. The van der Waals surface area contributed by atoms with Gasteiger partial charge in [0, 0.05) is 0 Å². The van der Waals surface area contributed by atoms with Gasteiger partial charge in [0.25, 0.3) is 0 Å². The highest BCUT2D eigenvalue weighted by Crippen LogP contribution is 2.18. The summed E-state index contributed by atoms with van der Waals surface area (Å²) in [6.07, 6.45) is 2.76. The number of nitrogen functional groups attached to an aromatic ring is 1. The number of ether oxygens (including phenoxy) is 1. The minimum Gasteiger partial charge on any atom is -0.382 e. The third-order valence-corrected chi connectivity index (χ3v) is 2.11. The van der Waals surface area contributed by atoms with Gasteiger partial charge in [-0.1, -0.05) is 0 Å². The Morgan fingerprint density at radius 1 is 1.41 bits per heavy atom.